The number of carbonyl (C=O) groups is 2. The molecular weight excluding hydrogens is 612 g/mol. The van der Waals surface area contributed by atoms with Crippen LogP contribution in [0.5, 0.6) is 11.5 Å². The molecule has 0 radical (unpaired) electrons. The van der Waals surface area contributed by atoms with Crippen molar-refractivity contribution in [1.29, 1.82) is 0 Å². The Labute approximate surface area is 277 Å². The number of hydrogen-bond acceptors (Lipinski definition) is 5. The SMILES string of the molecule is CCCS(=O)(=O)N1CCc2ccc(Oc3ccc(C(C)(C)C)cc3)cc2C1C(=O)NC(CC(=O)O)c1ccc(-c2ccccc2)cc1. The Kier molecular flexibility index (Phi) is 10.2. The molecule has 2 atom stereocenters. The van der Waals surface area contributed by atoms with Crippen LogP contribution in [0, 0.1) is 0 Å². The number of amides is 1. The number of benzene rings is 4. The Hall–Kier alpha value is -4.47. The molecule has 1 heterocycles. The maximum Gasteiger partial charge on any atom is 0.305 e. The molecule has 0 bridgehead atoms. The number of hydrogen-bond donors (Lipinski definition) is 2. The standard InChI is InChI=1S/C38H42N2O6S/c1-5-23-47(44,45)40-22-21-28-15-18-32(46-31-19-16-30(17-20-31)38(2,3)4)24-33(28)36(40)37(43)39-34(25-35(41)42)29-13-11-27(12-14-29)26-9-7-6-8-10-26/h6-20,24,34,36H,5,21-23,25H2,1-4H3,(H,39,43)(H,41,42). The van der Waals surface area contributed by atoms with Crippen molar-refractivity contribution in [1.82, 2.24) is 9.62 Å². The van der Waals surface area contributed by atoms with Crippen molar-refractivity contribution in [3.8, 4) is 22.6 Å². The van der Waals surface area contributed by atoms with Crippen molar-refractivity contribution in [3.63, 3.8) is 0 Å². The lowest BCUT2D eigenvalue weighted by molar-refractivity contribution is -0.138. The Morgan fingerprint density at radius 2 is 1.55 bits per heavy atom. The van der Waals surface area contributed by atoms with E-state index >= 15 is 0 Å². The van der Waals surface area contributed by atoms with Gasteiger partial charge in [-0.25, -0.2) is 8.42 Å². The number of rotatable bonds is 11. The molecule has 0 aliphatic carbocycles. The number of fused-ring (bicyclic) bond motifs is 1. The van der Waals surface area contributed by atoms with Crippen LogP contribution in [0.2, 0.25) is 0 Å². The number of nitrogens with zero attached hydrogens (tertiary/aromatic N) is 1. The van der Waals surface area contributed by atoms with Crippen LogP contribution in [0.3, 0.4) is 0 Å². The average molecular weight is 655 g/mol. The molecule has 1 aliphatic rings. The van der Waals surface area contributed by atoms with Crippen LogP contribution >= 0.6 is 0 Å². The topological polar surface area (TPSA) is 113 Å². The molecule has 9 heteroatoms. The molecule has 47 heavy (non-hydrogen) atoms. The third-order valence-corrected chi connectivity index (χ3v) is 10.5. The Bertz CT molecular complexity index is 1820. The first-order valence-corrected chi connectivity index (χ1v) is 17.5. The zero-order chi connectivity index (χ0) is 33.8. The third kappa shape index (κ3) is 8.10. The Morgan fingerprint density at radius 3 is 2.17 bits per heavy atom. The molecule has 0 fully saturated rings. The molecule has 0 saturated heterocycles. The molecule has 0 saturated carbocycles. The van der Waals surface area contributed by atoms with Gasteiger partial charge in [0, 0.05) is 6.54 Å². The second-order valence-electron chi connectivity index (χ2n) is 13.0. The summed E-state index contributed by atoms with van der Waals surface area (Å²) in [5.41, 5.74) is 5.08. The van der Waals surface area contributed by atoms with Crippen molar-refractivity contribution >= 4 is 21.9 Å². The van der Waals surface area contributed by atoms with Crippen molar-refractivity contribution < 1.29 is 27.9 Å². The third-order valence-electron chi connectivity index (χ3n) is 8.44. The highest BCUT2D eigenvalue weighted by Gasteiger charge is 2.40. The summed E-state index contributed by atoms with van der Waals surface area (Å²) < 4.78 is 34.5. The summed E-state index contributed by atoms with van der Waals surface area (Å²) in [5.74, 6) is -0.697. The molecule has 246 valence electrons. The van der Waals surface area contributed by atoms with E-state index in [1.165, 1.54) is 4.31 Å². The van der Waals surface area contributed by atoms with Gasteiger partial charge in [-0.1, -0.05) is 100 Å². The van der Waals surface area contributed by atoms with Gasteiger partial charge in [-0.15, -0.1) is 0 Å². The molecule has 2 N–H and O–H groups in total. The van der Waals surface area contributed by atoms with Gasteiger partial charge in [-0.2, -0.15) is 4.31 Å². The number of sulfonamides is 1. The summed E-state index contributed by atoms with van der Waals surface area (Å²) in [6, 6.07) is 28.3. The quantitative estimate of drug-likeness (QED) is 0.174. The summed E-state index contributed by atoms with van der Waals surface area (Å²) in [4.78, 5) is 26.2. The number of aliphatic carboxylic acids is 1. The fourth-order valence-corrected chi connectivity index (χ4v) is 7.61. The van der Waals surface area contributed by atoms with E-state index in [1.54, 1.807) is 25.1 Å². The Balaban J connectivity index is 1.47. The van der Waals surface area contributed by atoms with Crippen molar-refractivity contribution in [2.75, 3.05) is 12.3 Å². The highest BCUT2D eigenvalue weighted by Crippen LogP contribution is 2.37. The number of ether oxygens (including phenoxy) is 1. The van der Waals surface area contributed by atoms with Gasteiger partial charge in [0.15, 0.2) is 0 Å². The fourth-order valence-electron chi connectivity index (χ4n) is 5.96. The van der Waals surface area contributed by atoms with E-state index in [0.717, 1.165) is 22.3 Å². The molecule has 2 unspecified atom stereocenters. The van der Waals surface area contributed by atoms with Crippen molar-refractivity contribution in [2.24, 2.45) is 0 Å². The summed E-state index contributed by atoms with van der Waals surface area (Å²) in [7, 11) is -3.81. The first-order chi connectivity index (χ1) is 22.4. The zero-order valence-corrected chi connectivity index (χ0v) is 28.1. The second-order valence-corrected chi connectivity index (χ2v) is 15.0. The molecule has 5 rings (SSSR count). The van der Waals surface area contributed by atoms with Crippen LogP contribution in [0.25, 0.3) is 11.1 Å². The largest absolute Gasteiger partial charge is 0.481 e. The maximum atomic E-state index is 14.2. The molecule has 0 aromatic heterocycles. The fraction of sp³-hybridized carbons (Fsp3) is 0.316. The summed E-state index contributed by atoms with van der Waals surface area (Å²) in [6.07, 6.45) is 0.455. The lowest BCUT2D eigenvalue weighted by Crippen LogP contribution is -2.48. The van der Waals surface area contributed by atoms with Crippen LogP contribution in [-0.2, 0) is 31.4 Å². The minimum absolute atomic E-state index is 0.0131. The lowest BCUT2D eigenvalue weighted by atomic mass is 9.87. The molecular formula is C38H42N2O6S. The first kappa shape index (κ1) is 33.9. The summed E-state index contributed by atoms with van der Waals surface area (Å²) in [6.45, 7) is 8.32. The highest BCUT2D eigenvalue weighted by atomic mass is 32.2. The van der Waals surface area contributed by atoms with E-state index in [2.05, 4.69) is 26.1 Å². The number of carboxylic acids is 1. The molecule has 8 nitrogen and oxygen atoms in total. The number of nitrogens with one attached hydrogen (secondary N) is 1. The van der Waals surface area contributed by atoms with E-state index in [1.807, 2.05) is 78.9 Å². The number of carboxylic acid groups (broad SMARTS) is 1. The minimum atomic E-state index is -3.81. The summed E-state index contributed by atoms with van der Waals surface area (Å²) in [5, 5.41) is 12.7. The predicted octanol–water partition coefficient (Wildman–Crippen LogP) is 7.41. The van der Waals surface area contributed by atoms with E-state index in [4.69, 9.17) is 4.74 Å². The zero-order valence-electron chi connectivity index (χ0n) is 27.3. The molecule has 1 aliphatic heterocycles. The predicted molar refractivity (Wildman–Crippen MR) is 184 cm³/mol. The monoisotopic (exact) mass is 654 g/mol. The van der Waals surface area contributed by atoms with Crippen LogP contribution < -0.4 is 10.1 Å². The Morgan fingerprint density at radius 1 is 0.915 bits per heavy atom. The lowest BCUT2D eigenvalue weighted by Gasteiger charge is -2.36. The summed E-state index contributed by atoms with van der Waals surface area (Å²) >= 11 is 0. The normalized spacial score (nSPS) is 15.8. The van der Waals surface area contributed by atoms with Gasteiger partial charge in [0.05, 0.1) is 18.2 Å². The van der Waals surface area contributed by atoms with Gasteiger partial charge in [0.2, 0.25) is 15.9 Å². The van der Waals surface area contributed by atoms with Crippen LogP contribution in [0.1, 0.15) is 74.9 Å². The average Bonchev–Trinajstić information content (AvgIpc) is 3.04. The molecule has 4 aromatic rings. The van der Waals surface area contributed by atoms with Crippen molar-refractivity contribution in [2.45, 2.75) is 64.5 Å². The van der Waals surface area contributed by atoms with Crippen LogP contribution in [-0.4, -0.2) is 42.0 Å². The van der Waals surface area contributed by atoms with Crippen LogP contribution in [0.15, 0.2) is 97.1 Å². The van der Waals surface area contributed by atoms with E-state index in [0.29, 0.717) is 35.5 Å². The molecule has 0 spiro atoms. The van der Waals surface area contributed by atoms with Gasteiger partial charge in [-0.05, 0) is 75.9 Å². The van der Waals surface area contributed by atoms with E-state index in [9.17, 15) is 23.1 Å². The van der Waals surface area contributed by atoms with Gasteiger partial charge >= 0.3 is 5.97 Å². The molecule has 1 amide bonds. The van der Waals surface area contributed by atoms with Gasteiger partial charge in [-0.3, -0.25) is 9.59 Å². The molecule has 4 aromatic carbocycles. The smallest absolute Gasteiger partial charge is 0.305 e. The van der Waals surface area contributed by atoms with E-state index < -0.39 is 34.0 Å². The maximum absolute atomic E-state index is 14.2. The minimum Gasteiger partial charge on any atom is -0.481 e. The van der Waals surface area contributed by atoms with Crippen molar-refractivity contribution in [3.05, 3.63) is 119 Å². The van der Waals surface area contributed by atoms with Crippen LogP contribution in [0.4, 0.5) is 0 Å². The second kappa shape index (κ2) is 14.1. The van der Waals surface area contributed by atoms with Gasteiger partial charge in [0.1, 0.15) is 17.5 Å². The van der Waals surface area contributed by atoms with Gasteiger partial charge in [0.25, 0.3) is 0 Å². The van der Waals surface area contributed by atoms with Gasteiger partial charge < -0.3 is 15.2 Å². The van der Waals surface area contributed by atoms with E-state index in [-0.39, 0.29) is 24.1 Å². The highest BCUT2D eigenvalue weighted by molar-refractivity contribution is 7.89. The number of carbonyl (C=O) groups excluding carboxylic acids is 1. The first-order valence-electron chi connectivity index (χ1n) is 15.9.